The maximum absolute atomic E-state index is 13.5. The molecular formula is C19H18BrFN2O3. The summed E-state index contributed by atoms with van der Waals surface area (Å²) >= 11 is 3.41. The van der Waals surface area contributed by atoms with E-state index in [0.717, 1.165) is 10.0 Å². The molecule has 0 spiro atoms. The molecule has 0 bridgehead atoms. The third-order valence-electron chi connectivity index (χ3n) is 4.27. The number of amides is 2. The molecule has 0 fully saturated rings. The first kappa shape index (κ1) is 18.5. The maximum atomic E-state index is 13.5. The minimum Gasteiger partial charge on any atom is -0.382 e. The predicted molar refractivity (Wildman–Crippen MR) is 99.3 cm³/mol. The number of rotatable bonds is 6. The molecule has 7 heteroatoms. The van der Waals surface area contributed by atoms with Gasteiger partial charge in [0.2, 0.25) is 11.8 Å². The fraction of sp³-hybridized carbons (Fsp3) is 0.263. The molecule has 2 aromatic carbocycles. The molecular weight excluding hydrogens is 403 g/mol. The lowest BCUT2D eigenvalue weighted by Gasteiger charge is -2.19. The fourth-order valence-corrected chi connectivity index (χ4v) is 3.47. The van der Waals surface area contributed by atoms with E-state index in [-0.39, 0.29) is 24.3 Å². The Morgan fingerprint density at radius 3 is 2.88 bits per heavy atom. The summed E-state index contributed by atoms with van der Waals surface area (Å²) in [5.74, 6) is -1.74. The highest BCUT2D eigenvalue weighted by molar-refractivity contribution is 9.10. The Labute approximate surface area is 159 Å². The van der Waals surface area contributed by atoms with Crippen LogP contribution in [0.5, 0.6) is 0 Å². The third kappa shape index (κ3) is 4.11. The molecule has 1 aliphatic heterocycles. The Morgan fingerprint density at radius 1 is 1.35 bits per heavy atom. The summed E-state index contributed by atoms with van der Waals surface area (Å²) in [6.07, 6.45) is -0.0590. The molecule has 0 aliphatic carbocycles. The molecule has 0 aromatic heterocycles. The van der Waals surface area contributed by atoms with E-state index < -0.39 is 11.7 Å². The molecule has 136 valence electrons. The monoisotopic (exact) mass is 420 g/mol. The van der Waals surface area contributed by atoms with Gasteiger partial charge in [-0.1, -0.05) is 28.1 Å². The van der Waals surface area contributed by atoms with E-state index in [1.165, 1.54) is 18.2 Å². The van der Waals surface area contributed by atoms with E-state index in [1.54, 1.807) is 7.11 Å². The van der Waals surface area contributed by atoms with Crippen LogP contribution in [-0.2, 0) is 14.3 Å². The number of hydrogen-bond donors (Lipinski definition) is 2. The standard InChI is InChI=1S/C19H18BrFN2O3/c1-26-10-17(11-3-2-4-12(20)7-11)22-18(24)9-15-14-8-13(21)5-6-16(14)23-19(15)25/h2-8,15,17H,9-10H2,1H3,(H,22,24)(H,23,25). The highest BCUT2D eigenvalue weighted by Crippen LogP contribution is 2.35. The quantitative estimate of drug-likeness (QED) is 0.750. The van der Waals surface area contributed by atoms with Crippen molar-refractivity contribution < 1.29 is 18.7 Å². The molecule has 0 saturated heterocycles. The molecule has 3 rings (SSSR count). The van der Waals surface area contributed by atoms with Crippen LogP contribution in [0.2, 0.25) is 0 Å². The average molecular weight is 421 g/mol. The van der Waals surface area contributed by atoms with Crippen LogP contribution < -0.4 is 10.6 Å². The second-order valence-corrected chi connectivity index (χ2v) is 7.02. The van der Waals surface area contributed by atoms with Gasteiger partial charge in [-0.25, -0.2) is 4.39 Å². The SMILES string of the molecule is COCC(NC(=O)CC1C(=O)Nc2ccc(F)cc21)c1cccc(Br)c1. The number of anilines is 1. The molecule has 1 heterocycles. The number of methoxy groups -OCH3 is 1. The second kappa shape index (κ2) is 7.97. The van der Waals surface area contributed by atoms with Crippen molar-refractivity contribution in [2.24, 2.45) is 0 Å². The minimum atomic E-state index is -0.702. The van der Waals surface area contributed by atoms with E-state index in [4.69, 9.17) is 4.74 Å². The maximum Gasteiger partial charge on any atom is 0.232 e. The van der Waals surface area contributed by atoms with Crippen LogP contribution in [0, 0.1) is 5.82 Å². The van der Waals surface area contributed by atoms with Crippen molar-refractivity contribution in [1.29, 1.82) is 0 Å². The van der Waals surface area contributed by atoms with Gasteiger partial charge < -0.3 is 15.4 Å². The van der Waals surface area contributed by atoms with E-state index in [2.05, 4.69) is 26.6 Å². The lowest BCUT2D eigenvalue weighted by Crippen LogP contribution is -2.33. The summed E-state index contributed by atoms with van der Waals surface area (Å²) in [7, 11) is 1.56. The number of nitrogens with one attached hydrogen (secondary N) is 2. The smallest absolute Gasteiger partial charge is 0.232 e. The normalized spacial score (nSPS) is 16.7. The first-order valence-corrected chi connectivity index (χ1v) is 8.91. The van der Waals surface area contributed by atoms with Gasteiger partial charge in [-0.15, -0.1) is 0 Å². The molecule has 2 N–H and O–H groups in total. The van der Waals surface area contributed by atoms with Gasteiger partial charge in [0.15, 0.2) is 0 Å². The van der Waals surface area contributed by atoms with Gasteiger partial charge in [0.1, 0.15) is 5.82 Å². The summed E-state index contributed by atoms with van der Waals surface area (Å²) in [5.41, 5.74) is 1.95. The molecule has 2 amide bonds. The fourth-order valence-electron chi connectivity index (χ4n) is 3.05. The van der Waals surface area contributed by atoms with E-state index >= 15 is 0 Å². The molecule has 26 heavy (non-hydrogen) atoms. The lowest BCUT2D eigenvalue weighted by molar-refractivity contribution is -0.126. The van der Waals surface area contributed by atoms with Crippen LogP contribution in [0.25, 0.3) is 0 Å². The van der Waals surface area contributed by atoms with Crippen LogP contribution in [0.1, 0.15) is 29.5 Å². The number of hydrogen-bond acceptors (Lipinski definition) is 3. The van der Waals surface area contributed by atoms with Crippen LogP contribution in [-0.4, -0.2) is 25.5 Å². The van der Waals surface area contributed by atoms with Gasteiger partial charge in [-0.3, -0.25) is 9.59 Å². The molecule has 0 saturated carbocycles. The molecule has 2 unspecified atom stereocenters. The Balaban J connectivity index is 1.73. The number of carbonyl (C=O) groups is 2. The molecule has 0 radical (unpaired) electrons. The van der Waals surface area contributed by atoms with Gasteiger partial charge in [0, 0.05) is 23.7 Å². The molecule has 2 aromatic rings. The zero-order valence-corrected chi connectivity index (χ0v) is 15.7. The minimum absolute atomic E-state index is 0.0590. The summed E-state index contributed by atoms with van der Waals surface area (Å²) in [6.45, 7) is 0.296. The third-order valence-corrected chi connectivity index (χ3v) is 4.77. The predicted octanol–water partition coefficient (Wildman–Crippen LogP) is 3.52. The van der Waals surface area contributed by atoms with Crippen molar-refractivity contribution in [3.8, 4) is 0 Å². The number of halogens is 2. The van der Waals surface area contributed by atoms with Gasteiger partial charge in [0.25, 0.3) is 0 Å². The Hall–Kier alpha value is -2.25. The Bertz CT molecular complexity index is 843. The van der Waals surface area contributed by atoms with Crippen molar-refractivity contribution in [3.63, 3.8) is 0 Å². The van der Waals surface area contributed by atoms with Crippen molar-refractivity contribution in [2.45, 2.75) is 18.4 Å². The largest absolute Gasteiger partial charge is 0.382 e. The first-order valence-electron chi connectivity index (χ1n) is 8.12. The van der Waals surface area contributed by atoms with Crippen LogP contribution in [0.4, 0.5) is 10.1 Å². The second-order valence-electron chi connectivity index (χ2n) is 6.11. The lowest BCUT2D eigenvalue weighted by atomic mass is 9.96. The summed E-state index contributed by atoms with van der Waals surface area (Å²) in [4.78, 5) is 24.7. The van der Waals surface area contributed by atoms with Gasteiger partial charge in [-0.2, -0.15) is 0 Å². The summed E-state index contributed by atoms with van der Waals surface area (Å²) < 4.78 is 19.6. The summed E-state index contributed by atoms with van der Waals surface area (Å²) in [6, 6.07) is 11.3. The highest BCUT2D eigenvalue weighted by atomic mass is 79.9. The van der Waals surface area contributed by atoms with E-state index in [0.29, 0.717) is 17.9 Å². The van der Waals surface area contributed by atoms with Crippen LogP contribution in [0.15, 0.2) is 46.9 Å². The zero-order valence-electron chi connectivity index (χ0n) is 14.1. The number of carbonyl (C=O) groups excluding carboxylic acids is 2. The van der Waals surface area contributed by atoms with Crippen LogP contribution >= 0.6 is 15.9 Å². The van der Waals surface area contributed by atoms with E-state index in [1.807, 2.05) is 24.3 Å². The first-order chi connectivity index (χ1) is 12.5. The van der Waals surface area contributed by atoms with Gasteiger partial charge in [0.05, 0.1) is 18.6 Å². The van der Waals surface area contributed by atoms with Crippen molar-refractivity contribution in [1.82, 2.24) is 5.32 Å². The summed E-state index contributed by atoms with van der Waals surface area (Å²) in [5, 5.41) is 5.58. The van der Waals surface area contributed by atoms with E-state index in [9.17, 15) is 14.0 Å². The molecule has 5 nitrogen and oxygen atoms in total. The molecule has 2 atom stereocenters. The van der Waals surface area contributed by atoms with Crippen molar-refractivity contribution in [2.75, 3.05) is 19.0 Å². The average Bonchev–Trinajstić information content (AvgIpc) is 2.90. The van der Waals surface area contributed by atoms with Gasteiger partial charge >= 0.3 is 0 Å². The zero-order chi connectivity index (χ0) is 18.7. The van der Waals surface area contributed by atoms with Crippen molar-refractivity contribution >= 4 is 33.4 Å². The number of ether oxygens (including phenoxy) is 1. The van der Waals surface area contributed by atoms with Gasteiger partial charge in [-0.05, 0) is 41.5 Å². The van der Waals surface area contributed by atoms with Crippen molar-refractivity contribution in [3.05, 3.63) is 63.9 Å². The molecule has 1 aliphatic rings. The Morgan fingerprint density at radius 2 is 2.15 bits per heavy atom. The topological polar surface area (TPSA) is 67.4 Å². The van der Waals surface area contributed by atoms with Crippen LogP contribution in [0.3, 0.4) is 0 Å². The Kier molecular flexibility index (Phi) is 5.68. The number of fused-ring (bicyclic) bond motifs is 1. The highest BCUT2D eigenvalue weighted by Gasteiger charge is 2.33. The number of benzene rings is 2.